The lowest BCUT2D eigenvalue weighted by molar-refractivity contribution is -0.114. The van der Waals surface area contributed by atoms with Gasteiger partial charge in [0.25, 0.3) is 20.0 Å². The Morgan fingerprint density at radius 1 is 0.912 bits per heavy atom. The summed E-state index contributed by atoms with van der Waals surface area (Å²) in [5.74, 6) is -0.245. The van der Waals surface area contributed by atoms with E-state index in [1.54, 1.807) is 61.5 Å². The quantitative estimate of drug-likeness (QED) is 0.534. The molecular formula is C24H25N3O5S2. The van der Waals surface area contributed by atoms with Gasteiger partial charge < -0.3 is 5.32 Å². The molecular weight excluding hydrogens is 474 g/mol. The van der Waals surface area contributed by atoms with Crippen LogP contribution in [-0.4, -0.2) is 29.3 Å². The molecule has 0 saturated heterocycles. The summed E-state index contributed by atoms with van der Waals surface area (Å²) in [6, 6.07) is 17.7. The molecule has 0 radical (unpaired) electrons. The molecule has 0 aliphatic carbocycles. The van der Waals surface area contributed by atoms with Gasteiger partial charge in [-0.3, -0.25) is 13.8 Å². The smallest absolute Gasteiger partial charge is 0.264 e. The van der Waals surface area contributed by atoms with E-state index < -0.39 is 20.0 Å². The Labute approximate surface area is 199 Å². The van der Waals surface area contributed by atoms with Crippen molar-refractivity contribution in [1.82, 2.24) is 0 Å². The van der Waals surface area contributed by atoms with Crippen LogP contribution in [0.1, 0.15) is 24.5 Å². The fraction of sp³-hybridized carbons (Fsp3) is 0.208. The number of benzene rings is 3. The number of rotatable bonds is 6. The monoisotopic (exact) mass is 499 g/mol. The van der Waals surface area contributed by atoms with E-state index in [1.807, 2.05) is 0 Å². The van der Waals surface area contributed by atoms with Crippen molar-refractivity contribution in [3.05, 3.63) is 77.9 Å². The zero-order valence-electron chi connectivity index (χ0n) is 18.8. The number of carbonyl (C=O) groups excluding carboxylic acids is 1. The number of hydrogen-bond acceptors (Lipinski definition) is 5. The second-order valence-corrected chi connectivity index (χ2v) is 11.6. The molecule has 3 aromatic rings. The van der Waals surface area contributed by atoms with Gasteiger partial charge in [0.1, 0.15) is 0 Å². The Hall–Kier alpha value is -3.37. The Kier molecular flexibility index (Phi) is 6.37. The van der Waals surface area contributed by atoms with Crippen LogP contribution in [0, 0.1) is 6.92 Å². The topological polar surface area (TPSA) is 113 Å². The third-order valence-corrected chi connectivity index (χ3v) is 8.89. The Morgan fingerprint density at radius 2 is 1.62 bits per heavy atom. The van der Waals surface area contributed by atoms with Gasteiger partial charge >= 0.3 is 0 Å². The highest BCUT2D eigenvalue weighted by molar-refractivity contribution is 7.93. The highest BCUT2D eigenvalue weighted by Crippen LogP contribution is 2.34. The van der Waals surface area contributed by atoms with Gasteiger partial charge in [-0.2, -0.15) is 0 Å². The standard InChI is InChI=1S/C24H25N3O5S2/c1-17-15-20(25-18(2)28)11-13-24(17)33(29,30)26-21-10-12-23-19(16-21)7-6-14-27(23)34(31,32)22-8-4-3-5-9-22/h3-5,8-13,15-16,26H,6-7,14H2,1-2H3,(H,25,28). The van der Waals surface area contributed by atoms with Crippen LogP contribution >= 0.6 is 0 Å². The second-order valence-electron chi connectivity index (χ2n) is 8.10. The normalized spacial score (nSPS) is 13.8. The first-order valence-corrected chi connectivity index (χ1v) is 13.6. The molecule has 1 aliphatic heterocycles. The number of fused-ring (bicyclic) bond motifs is 1. The molecule has 8 nitrogen and oxygen atoms in total. The van der Waals surface area contributed by atoms with Gasteiger partial charge in [0.15, 0.2) is 0 Å². The summed E-state index contributed by atoms with van der Waals surface area (Å²) in [5.41, 5.74) is 2.65. The lowest BCUT2D eigenvalue weighted by Gasteiger charge is -2.31. The SMILES string of the molecule is CC(=O)Nc1ccc(S(=O)(=O)Nc2ccc3c(c2)CCCN3S(=O)(=O)c2ccccc2)c(C)c1. The highest BCUT2D eigenvalue weighted by Gasteiger charge is 2.29. The van der Waals surface area contributed by atoms with E-state index in [4.69, 9.17) is 0 Å². The minimum Gasteiger partial charge on any atom is -0.326 e. The maximum atomic E-state index is 13.2. The first kappa shape index (κ1) is 23.8. The summed E-state index contributed by atoms with van der Waals surface area (Å²) in [6.07, 6.45) is 1.26. The van der Waals surface area contributed by atoms with Crippen molar-refractivity contribution >= 4 is 43.0 Å². The van der Waals surface area contributed by atoms with Gasteiger partial charge in [-0.05, 0) is 79.4 Å². The molecule has 0 bridgehead atoms. The van der Waals surface area contributed by atoms with Gasteiger partial charge in [0.2, 0.25) is 5.91 Å². The van der Waals surface area contributed by atoms with E-state index in [0.29, 0.717) is 42.0 Å². The molecule has 0 fully saturated rings. The first-order chi connectivity index (χ1) is 16.1. The number of nitrogens with one attached hydrogen (secondary N) is 2. The van der Waals surface area contributed by atoms with Crippen molar-refractivity contribution in [3.8, 4) is 0 Å². The third kappa shape index (κ3) is 4.78. The van der Waals surface area contributed by atoms with Crippen LogP contribution in [-0.2, 0) is 31.3 Å². The van der Waals surface area contributed by atoms with Gasteiger partial charge in [-0.25, -0.2) is 16.8 Å². The van der Waals surface area contributed by atoms with Gasteiger partial charge in [-0.15, -0.1) is 0 Å². The van der Waals surface area contributed by atoms with Crippen LogP contribution in [0.5, 0.6) is 0 Å². The molecule has 1 aliphatic rings. The molecule has 3 aromatic carbocycles. The van der Waals surface area contributed by atoms with E-state index in [2.05, 4.69) is 10.0 Å². The number of aryl methyl sites for hydroxylation is 2. The molecule has 0 unspecified atom stereocenters. The van der Waals surface area contributed by atoms with E-state index >= 15 is 0 Å². The van der Waals surface area contributed by atoms with E-state index in [1.165, 1.54) is 23.4 Å². The van der Waals surface area contributed by atoms with Gasteiger partial charge in [-0.1, -0.05) is 18.2 Å². The van der Waals surface area contributed by atoms with Gasteiger partial charge in [0, 0.05) is 24.8 Å². The molecule has 2 N–H and O–H groups in total. The van der Waals surface area contributed by atoms with Crippen molar-refractivity contribution in [1.29, 1.82) is 0 Å². The molecule has 0 atom stereocenters. The average Bonchev–Trinajstić information content (AvgIpc) is 2.78. The lowest BCUT2D eigenvalue weighted by atomic mass is 10.0. The lowest BCUT2D eigenvalue weighted by Crippen LogP contribution is -2.35. The molecule has 10 heteroatoms. The van der Waals surface area contributed by atoms with E-state index in [0.717, 1.165) is 5.56 Å². The number of anilines is 3. The number of carbonyl (C=O) groups is 1. The summed E-state index contributed by atoms with van der Waals surface area (Å²) in [7, 11) is -7.62. The van der Waals surface area contributed by atoms with Crippen LogP contribution in [0.2, 0.25) is 0 Å². The fourth-order valence-corrected chi connectivity index (χ4v) is 6.88. The Morgan fingerprint density at radius 3 is 2.29 bits per heavy atom. The van der Waals surface area contributed by atoms with Crippen molar-refractivity contribution in [2.75, 3.05) is 20.9 Å². The fourth-order valence-electron chi connectivity index (χ4n) is 4.04. The molecule has 4 rings (SSSR count). The average molecular weight is 500 g/mol. The van der Waals surface area contributed by atoms with Crippen molar-refractivity contribution in [3.63, 3.8) is 0 Å². The third-order valence-electron chi connectivity index (χ3n) is 5.52. The predicted molar refractivity (Wildman–Crippen MR) is 132 cm³/mol. The van der Waals surface area contributed by atoms with Crippen LogP contribution in [0.15, 0.2) is 76.5 Å². The minimum atomic E-state index is -3.90. The van der Waals surface area contributed by atoms with Crippen LogP contribution in [0.25, 0.3) is 0 Å². The zero-order valence-corrected chi connectivity index (χ0v) is 20.4. The largest absolute Gasteiger partial charge is 0.326 e. The molecule has 1 amide bonds. The molecule has 178 valence electrons. The first-order valence-electron chi connectivity index (χ1n) is 10.7. The van der Waals surface area contributed by atoms with E-state index in [9.17, 15) is 21.6 Å². The predicted octanol–water partition coefficient (Wildman–Crippen LogP) is 3.90. The minimum absolute atomic E-state index is 0.0904. The van der Waals surface area contributed by atoms with Crippen molar-refractivity contribution < 1.29 is 21.6 Å². The van der Waals surface area contributed by atoms with Crippen LogP contribution < -0.4 is 14.3 Å². The number of sulfonamides is 2. The summed E-state index contributed by atoms with van der Waals surface area (Å²) in [6.45, 7) is 3.39. The van der Waals surface area contributed by atoms with Crippen LogP contribution in [0.3, 0.4) is 0 Å². The number of nitrogens with zero attached hydrogens (tertiary/aromatic N) is 1. The molecule has 1 heterocycles. The Balaban J connectivity index is 1.62. The van der Waals surface area contributed by atoms with E-state index in [-0.39, 0.29) is 15.7 Å². The summed E-state index contributed by atoms with van der Waals surface area (Å²) < 4.78 is 56.4. The van der Waals surface area contributed by atoms with Crippen molar-refractivity contribution in [2.24, 2.45) is 0 Å². The molecule has 34 heavy (non-hydrogen) atoms. The van der Waals surface area contributed by atoms with Crippen molar-refractivity contribution in [2.45, 2.75) is 36.5 Å². The second kappa shape index (κ2) is 9.11. The number of hydrogen-bond donors (Lipinski definition) is 2. The maximum Gasteiger partial charge on any atom is 0.264 e. The van der Waals surface area contributed by atoms with Crippen LogP contribution in [0.4, 0.5) is 17.1 Å². The molecule has 0 aromatic heterocycles. The highest BCUT2D eigenvalue weighted by atomic mass is 32.2. The summed E-state index contributed by atoms with van der Waals surface area (Å²) >= 11 is 0. The summed E-state index contributed by atoms with van der Waals surface area (Å²) in [4.78, 5) is 11.6. The number of amides is 1. The summed E-state index contributed by atoms with van der Waals surface area (Å²) in [5, 5.41) is 2.63. The zero-order chi connectivity index (χ0) is 24.5. The maximum absolute atomic E-state index is 13.2. The Bertz CT molecular complexity index is 1450. The molecule has 0 saturated carbocycles. The van der Waals surface area contributed by atoms with Gasteiger partial charge in [0.05, 0.1) is 15.5 Å². The molecule has 0 spiro atoms.